The number of aliphatic carboxylic acids is 1. The molecular weight excluding hydrogens is 532 g/mol. The summed E-state index contributed by atoms with van der Waals surface area (Å²) in [6.45, 7) is 3.85. The van der Waals surface area contributed by atoms with Crippen LogP contribution in [-0.2, 0) is 11.8 Å². The zero-order valence-electron chi connectivity index (χ0n) is 21.3. The number of pyridine rings is 2. The molecule has 0 aliphatic rings. The first-order valence-corrected chi connectivity index (χ1v) is 13.4. The number of fused-ring (bicyclic) bond motifs is 2. The Kier molecular flexibility index (Phi) is 6.18. The Morgan fingerprint density at radius 2 is 1.77 bits per heavy atom. The molecule has 6 aromatic rings. The van der Waals surface area contributed by atoms with E-state index in [1.165, 1.54) is 11.3 Å². The minimum absolute atomic E-state index is 0.348. The second-order valence-corrected chi connectivity index (χ2v) is 11.0. The smallest absolute Gasteiger partial charge is 0.337 e. The zero-order chi connectivity index (χ0) is 27.4. The Morgan fingerprint density at radius 1 is 1.00 bits per heavy atom. The van der Waals surface area contributed by atoms with Gasteiger partial charge in [-0.2, -0.15) is 0 Å². The van der Waals surface area contributed by atoms with Crippen molar-refractivity contribution >= 4 is 50.2 Å². The molecule has 7 nitrogen and oxygen atoms in total. The highest BCUT2D eigenvalue weighted by atomic mass is 35.5. The van der Waals surface area contributed by atoms with Crippen molar-refractivity contribution in [3.8, 4) is 33.0 Å². The molecule has 0 spiro atoms. The summed E-state index contributed by atoms with van der Waals surface area (Å²) in [5.74, 6) is -1.31. The second-order valence-electron chi connectivity index (χ2n) is 9.55. The van der Waals surface area contributed by atoms with Crippen LogP contribution in [0, 0.1) is 13.8 Å². The van der Waals surface area contributed by atoms with E-state index in [2.05, 4.69) is 29.2 Å². The third-order valence-corrected chi connectivity index (χ3v) is 8.27. The molecule has 4 heterocycles. The van der Waals surface area contributed by atoms with Crippen molar-refractivity contribution in [2.24, 2.45) is 7.05 Å². The zero-order valence-corrected chi connectivity index (χ0v) is 22.9. The first kappa shape index (κ1) is 25.2. The quantitative estimate of drug-likeness (QED) is 0.239. The summed E-state index contributed by atoms with van der Waals surface area (Å²) < 4.78 is 2.80. The van der Waals surface area contributed by atoms with E-state index in [9.17, 15) is 15.0 Å². The highest BCUT2D eigenvalue weighted by Gasteiger charge is 2.26. The van der Waals surface area contributed by atoms with E-state index in [-0.39, 0.29) is 0 Å². The molecule has 9 heteroatoms. The molecule has 39 heavy (non-hydrogen) atoms. The molecule has 0 fully saturated rings. The van der Waals surface area contributed by atoms with Gasteiger partial charge in [-0.05, 0) is 66.9 Å². The average Bonchev–Trinajstić information content (AvgIpc) is 3.47. The van der Waals surface area contributed by atoms with Crippen molar-refractivity contribution in [2.75, 3.05) is 0 Å². The molecule has 2 aromatic carbocycles. The summed E-state index contributed by atoms with van der Waals surface area (Å²) >= 11 is 7.57. The summed E-state index contributed by atoms with van der Waals surface area (Å²) in [5, 5.41) is 22.7. The van der Waals surface area contributed by atoms with Crippen molar-refractivity contribution in [3.05, 3.63) is 88.8 Å². The number of rotatable bonds is 5. The Morgan fingerprint density at radius 3 is 2.51 bits per heavy atom. The molecule has 4 aromatic heterocycles. The molecule has 1 unspecified atom stereocenters. The molecule has 0 saturated heterocycles. The maximum atomic E-state index is 11.8. The fraction of sp³-hybridized carbons (Fsp3) is 0.133. The average molecular weight is 555 g/mol. The molecule has 1 atom stereocenters. The molecule has 0 radical (unpaired) electrons. The van der Waals surface area contributed by atoms with Gasteiger partial charge < -0.3 is 14.8 Å². The molecular formula is C30H23ClN4O3S. The molecule has 0 saturated carbocycles. The lowest BCUT2D eigenvalue weighted by Crippen LogP contribution is -2.13. The van der Waals surface area contributed by atoms with Crippen LogP contribution in [0.15, 0.2) is 67.1 Å². The minimum atomic E-state index is -1.68. The fourth-order valence-corrected chi connectivity index (χ4v) is 6.27. The van der Waals surface area contributed by atoms with Crippen LogP contribution in [0.1, 0.15) is 22.8 Å². The fourth-order valence-electron chi connectivity index (χ4n) is 5.03. The second kappa shape index (κ2) is 9.57. The number of carboxylic acid groups (broad SMARTS) is 1. The monoisotopic (exact) mass is 554 g/mol. The number of aliphatic hydroxyl groups is 1. The number of halogens is 1. The van der Waals surface area contributed by atoms with Crippen LogP contribution in [0.3, 0.4) is 0 Å². The van der Waals surface area contributed by atoms with Crippen molar-refractivity contribution in [3.63, 3.8) is 0 Å². The van der Waals surface area contributed by atoms with Gasteiger partial charge in [0.05, 0.1) is 15.9 Å². The molecule has 0 amide bonds. The Balaban J connectivity index is 1.52. The molecule has 0 aliphatic heterocycles. The largest absolute Gasteiger partial charge is 0.479 e. The van der Waals surface area contributed by atoms with Gasteiger partial charge in [0.25, 0.3) is 0 Å². The van der Waals surface area contributed by atoms with Crippen molar-refractivity contribution in [1.82, 2.24) is 19.5 Å². The van der Waals surface area contributed by atoms with Gasteiger partial charge in [-0.15, -0.1) is 11.3 Å². The number of thiazole rings is 1. The number of nitrogens with zero attached hydrogens (tertiary/aromatic N) is 4. The number of aliphatic hydroxyl groups excluding tert-OH is 1. The Hall–Kier alpha value is -4.11. The van der Waals surface area contributed by atoms with Gasteiger partial charge >= 0.3 is 5.97 Å². The van der Waals surface area contributed by atoms with Gasteiger partial charge in [0.15, 0.2) is 6.10 Å². The Labute approximate surface area is 233 Å². The van der Waals surface area contributed by atoms with Crippen molar-refractivity contribution in [2.45, 2.75) is 20.0 Å². The number of aromatic nitrogens is 4. The van der Waals surface area contributed by atoms with Crippen molar-refractivity contribution in [1.29, 1.82) is 0 Å². The number of benzene rings is 2. The molecule has 0 aliphatic carbocycles. The molecule has 0 bridgehead atoms. The lowest BCUT2D eigenvalue weighted by molar-refractivity contribution is -0.146. The van der Waals surface area contributed by atoms with Crippen LogP contribution in [-0.4, -0.2) is 35.7 Å². The first-order chi connectivity index (χ1) is 18.7. The van der Waals surface area contributed by atoms with E-state index in [1.54, 1.807) is 25.3 Å². The highest BCUT2D eigenvalue weighted by molar-refractivity contribution is 7.22. The van der Waals surface area contributed by atoms with Crippen LogP contribution in [0.2, 0.25) is 5.02 Å². The standard InChI is InChI=1S/C30H23ClN4O3S/c1-15-10-23-27(25(24(15)26(36)30(37)38)17-4-6-20(31)7-5-17)39-29(34-23)18-8-9-32-22(12-18)19-11-21-16(2)14-35(3)28(21)33-13-19/h4-14,26,36H,1-3H3,(H,37,38). The molecule has 194 valence electrons. The van der Waals surface area contributed by atoms with Gasteiger partial charge in [-0.3, -0.25) is 4.98 Å². The van der Waals surface area contributed by atoms with Gasteiger partial charge in [0.2, 0.25) is 0 Å². The third-order valence-electron chi connectivity index (χ3n) is 6.88. The summed E-state index contributed by atoms with van der Waals surface area (Å²) in [5.41, 5.74) is 7.75. The van der Waals surface area contributed by atoms with Crippen LogP contribution >= 0.6 is 22.9 Å². The predicted octanol–water partition coefficient (Wildman–Crippen LogP) is 6.97. The lowest BCUT2D eigenvalue weighted by Gasteiger charge is -2.16. The van der Waals surface area contributed by atoms with Gasteiger partial charge in [0.1, 0.15) is 10.7 Å². The number of hydrogen-bond acceptors (Lipinski definition) is 6. The molecule has 6 rings (SSSR count). The predicted molar refractivity (Wildman–Crippen MR) is 155 cm³/mol. The molecule has 2 N–H and O–H groups in total. The van der Waals surface area contributed by atoms with E-state index in [1.807, 2.05) is 48.1 Å². The van der Waals surface area contributed by atoms with Gasteiger partial charge in [-0.1, -0.05) is 23.7 Å². The maximum absolute atomic E-state index is 11.8. The van der Waals surface area contributed by atoms with E-state index >= 15 is 0 Å². The van der Waals surface area contributed by atoms with Crippen LogP contribution in [0.25, 0.3) is 54.2 Å². The SMILES string of the molecule is Cc1cc2nc(-c3ccnc(-c4cnc5c(c4)c(C)cn5C)c3)sc2c(-c2ccc(Cl)cc2)c1C(O)C(=O)O. The van der Waals surface area contributed by atoms with E-state index < -0.39 is 12.1 Å². The summed E-state index contributed by atoms with van der Waals surface area (Å²) in [6.07, 6.45) is 3.96. The van der Waals surface area contributed by atoms with E-state index in [0.29, 0.717) is 21.7 Å². The van der Waals surface area contributed by atoms with Crippen LogP contribution in [0.4, 0.5) is 0 Å². The third kappa shape index (κ3) is 4.36. The maximum Gasteiger partial charge on any atom is 0.337 e. The summed E-state index contributed by atoms with van der Waals surface area (Å²) in [6, 6.07) is 15.0. The van der Waals surface area contributed by atoms with Crippen LogP contribution in [0.5, 0.6) is 0 Å². The van der Waals surface area contributed by atoms with Crippen molar-refractivity contribution < 1.29 is 15.0 Å². The van der Waals surface area contributed by atoms with E-state index in [4.69, 9.17) is 16.6 Å². The number of carbonyl (C=O) groups is 1. The topological polar surface area (TPSA) is 101 Å². The number of carboxylic acids is 1. The highest BCUT2D eigenvalue weighted by Crippen LogP contribution is 2.43. The summed E-state index contributed by atoms with van der Waals surface area (Å²) in [7, 11) is 1.98. The summed E-state index contributed by atoms with van der Waals surface area (Å²) in [4.78, 5) is 26.0. The van der Waals surface area contributed by atoms with Gasteiger partial charge in [0, 0.05) is 58.3 Å². The number of hydrogen-bond donors (Lipinski definition) is 2. The van der Waals surface area contributed by atoms with E-state index in [0.717, 1.165) is 54.2 Å². The number of aryl methyl sites for hydroxylation is 3. The Bertz CT molecular complexity index is 1910. The normalized spacial score (nSPS) is 12.3. The lowest BCUT2D eigenvalue weighted by atomic mass is 9.92. The van der Waals surface area contributed by atoms with Crippen LogP contribution < -0.4 is 0 Å². The first-order valence-electron chi connectivity index (χ1n) is 12.2. The van der Waals surface area contributed by atoms with Gasteiger partial charge in [-0.25, -0.2) is 14.8 Å². The minimum Gasteiger partial charge on any atom is -0.479 e.